The molecule has 1 fully saturated rings. The van der Waals surface area contributed by atoms with Gasteiger partial charge in [-0.1, -0.05) is 12.1 Å². The Morgan fingerprint density at radius 1 is 0.944 bits per heavy atom. The molecule has 36 heavy (non-hydrogen) atoms. The molecule has 0 spiro atoms. The Morgan fingerprint density at radius 2 is 1.75 bits per heavy atom. The van der Waals surface area contributed by atoms with Gasteiger partial charge in [0.05, 0.1) is 57.5 Å². The number of para-hydroxylation sites is 2. The zero-order valence-electron chi connectivity index (χ0n) is 19.7. The Labute approximate surface area is 208 Å². The standard InChI is InChI=1S/C29H26FN5O/c30-19-7-11-22(12-8-19)35-28-6-2-1-5-24(28)34-27-16-25(33-21-4-3-15-31-18-21)26(17-29(27)35)32-20-9-13-23(36)14-10-20/h1-8,11-12,15-18,20,23,33,36H,9-10,13-14H2. The van der Waals surface area contributed by atoms with Gasteiger partial charge in [-0.25, -0.2) is 9.37 Å². The Balaban J connectivity index is 1.60. The van der Waals surface area contributed by atoms with Crippen molar-refractivity contribution < 1.29 is 9.50 Å². The minimum Gasteiger partial charge on any atom is -0.393 e. The van der Waals surface area contributed by atoms with Gasteiger partial charge in [-0.2, -0.15) is 0 Å². The lowest BCUT2D eigenvalue weighted by Crippen LogP contribution is -2.24. The Hall–Kier alpha value is -4.10. The number of nitrogens with zero attached hydrogens (tertiary/aromatic N) is 4. The fourth-order valence-electron chi connectivity index (χ4n) is 4.89. The van der Waals surface area contributed by atoms with E-state index in [1.54, 1.807) is 24.5 Å². The summed E-state index contributed by atoms with van der Waals surface area (Å²) in [6.45, 7) is 0. The van der Waals surface area contributed by atoms with Gasteiger partial charge in [0.2, 0.25) is 0 Å². The summed E-state index contributed by atoms with van der Waals surface area (Å²) in [5.74, 6) is -0.278. The number of benzene rings is 3. The largest absolute Gasteiger partial charge is 0.393 e. The zero-order valence-corrected chi connectivity index (χ0v) is 19.7. The number of anilines is 2. The third-order valence-corrected chi connectivity index (χ3v) is 6.71. The molecule has 1 aliphatic heterocycles. The van der Waals surface area contributed by atoms with Crippen molar-refractivity contribution in [2.75, 3.05) is 5.32 Å². The highest BCUT2D eigenvalue weighted by Gasteiger charge is 2.20. The quantitative estimate of drug-likeness (QED) is 0.329. The predicted octanol–water partition coefficient (Wildman–Crippen LogP) is 5.61. The third-order valence-electron chi connectivity index (χ3n) is 6.71. The molecule has 3 aliphatic rings. The van der Waals surface area contributed by atoms with Crippen LogP contribution in [-0.4, -0.2) is 31.8 Å². The van der Waals surface area contributed by atoms with Gasteiger partial charge < -0.3 is 15.0 Å². The first-order valence-electron chi connectivity index (χ1n) is 12.2. The second-order valence-electron chi connectivity index (χ2n) is 9.23. The van der Waals surface area contributed by atoms with Crippen molar-refractivity contribution >= 4 is 22.4 Å². The van der Waals surface area contributed by atoms with E-state index in [4.69, 9.17) is 9.98 Å². The molecule has 7 heteroatoms. The highest BCUT2D eigenvalue weighted by atomic mass is 19.1. The molecule has 6 nitrogen and oxygen atoms in total. The molecule has 6 rings (SSSR count). The van der Waals surface area contributed by atoms with Crippen LogP contribution in [0.2, 0.25) is 0 Å². The molecular formula is C29H26FN5O. The topological polar surface area (TPSA) is 75.3 Å². The maximum absolute atomic E-state index is 13.8. The van der Waals surface area contributed by atoms with E-state index in [2.05, 4.69) is 20.9 Å². The summed E-state index contributed by atoms with van der Waals surface area (Å²) in [5.41, 5.74) is 5.99. The van der Waals surface area contributed by atoms with Gasteiger partial charge in [-0.05, 0) is 86.3 Å². The van der Waals surface area contributed by atoms with Crippen LogP contribution in [0, 0.1) is 5.82 Å². The van der Waals surface area contributed by atoms with Crippen LogP contribution in [0.25, 0.3) is 28.1 Å². The molecule has 2 aliphatic carbocycles. The SMILES string of the molecule is OC1CCC(N=c2cc3n(-c4ccc(F)cc4)c4ccccc4nc-3cc2Nc2cccnc2)CC1. The summed E-state index contributed by atoms with van der Waals surface area (Å²) in [5, 5.41) is 14.3. The minimum absolute atomic E-state index is 0.132. The van der Waals surface area contributed by atoms with Crippen LogP contribution >= 0.6 is 0 Å². The first kappa shape index (κ1) is 22.4. The maximum Gasteiger partial charge on any atom is 0.123 e. The van der Waals surface area contributed by atoms with Crippen LogP contribution in [0.4, 0.5) is 15.8 Å². The van der Waals surface area contributed by atoms with E-state index in [1.807, 2.05) is 42.5 Å². The zero-order chi connectivity index (χ0) is 24.5. The molecule has 0 atom stereocenters. The van der Waals surface area contributed by atoms with Crippen LogP contribution in [0.1, 0.15) is 25.7 Å². The summed E-state index contributed by atoms with van der Waals surface area (Å²) >= 11 is 0. The first-order valence-corrected chi connectivity index (χ1v) is 12.2. The van der Waals surface area contributed by atoms with E-state index in [-0.39, 0.29) is 18.0 Å². The molecule has 0 unspecified atom stereocenters. The van der Waals surface area contributed by atoms with Gasteiger partial charge in [-0.3, -0.25) is 9.98 Å². The van der Waals surface area contributed by atoms with Crippen LogP contribution in [0.15, 0.2) is 90.2 Å². The van der Waals surface area contributed by atoms with Gasteiger partial charge >= 0.3 is 0 Å². The maximum atomic E-state index is 13.8. The summed E-state index contributed by atoms with van der Waals surface area (Å²) in [6.07, 6.45) is 6.49. The van der Waals surface area contributed by atoms with Crippen molar-refractivity contribution in [3.63, 3.8) is 0 Å². The fraction of sp³-hybridized carbons (Fsp3) is 0.207. The Morgan fingerprint density at radius 3 is 2.53 bits per heavy atom. The predicted molar refractivity (Wildman–Crippen MR) is 139 cm³/mol. The van der Waals surface area contributed by atoms with Gasteiger partial charge in [-0.15, -0.1) is 0 Å². The molecule has 0 bridgehead atoms. The number of nitrogens with one attached hydrogen (secondary N) is 1. The van der Waals surface area contributed by atoms with E-state index in [1.165, 1.54) is 12.1 Å². The number of aromatic nitrogens is 3. The molecule has 180 valence electrons. The van der Waals surface area contributed by atoms with Crippen LogP contribution in [-0.2, 0) is 0 Å². The molecule has 0 saturated heterocycles. The Kier molecular flexibility index (Phi) is 5.91. The smallest absolute Gasteiger partial charge is 0.123 e. The van der Waals surface area contributed by atoms with E-state index in [0.29, 0.717) is 0 Å². The van der Waals surface area contributed by atoms with Crippen molar-refractivity contribution in [3.8, 4) is 17.1 Å². The second-order valence-corrected chi connectivity index (χ2v) is 9.23. The third kappa shape index (κ3) is 4.45. The van der Waals surface area contributed by atoms with Crippen molar-refractivity contribution in [1.29, 1.82) is 0 Å². The molecule has 1 aromatic heterocycles. The molecule has 2 heterocycles. The monoisotopic (exact) mass is 479 g/mol. The van der Waals surface area contributed by atoms with Gasteiger partial charge in [0.25, 0.3) is 0 Å². The van der Waals surface area contributed by atoms with E-state index in [9.17, 15) is 9.50 Å². The normalized spacial score (nSPS) is 18.6. The average Bonchev–Trinajstić information content (AvgIpc) is 2.90. The first-order chi connectivity index (χ1) is 17.6. The lowest BCUT2D eigenvalue weighted by molar-refractivity contribution is 0.123. The number of hydrogen-bond acceptors (Lipinski definition) is 5. The molecule has 2 aromatic carbocycles. The van der Waals surface area contributed by atoms with Gasteiger partial charge in [0, 0.05) is 11.9 Å². The number of rotatable bonds is 4. The number of fused-ring (bicyclic) bond motifs is 2. The van der Waals surface area contributed by atoms with Crippen molar-refractivity contribution in [3.05, 3.63) is 96.4 Å². The fourth-order valence-corrected chi connectivity index (χ4v) is 4.89. The second kappa shape index (κ2) is 9.51. The van der Waals surface area contributed by atoms with Gasteiger partial charge in [0.15, 0.2) is 0 Å². The minimum atomic E-state index is -0.278. The van der Waals surface area contributed by atoms with Crippen LogP contribution < -0.4 is 10.7 Å². The number of pyridine rings is 1. The molecule has 2 N–H and O–H groups in total. The van der Waals surface area contributed by atoms with E-state index < -0.39 is 0 Å². The van der Waals surface area contributed by atoms with E-state index >= 15 is 0 Å². The lowest BCUT2D eigenvalue weighted by atomic mass is 9.93. The van der Waals surface area contributed by atoms with Crippen molar-refractivity contribution in [2.45, 2.75) is 37.8 Å². The average molecular weight is 480 g/mol. The number of aliphatic hydroxyl groups is 1. The molecule has 0 amide bonds. The lowest BCUT2D eigenvalue weighted by Gasteiger charge is -2.23. The Bertz CT molecular complexity index is 1540. The van der Waals surface area contributed by atoms with Crippen LogP contribution in [0.3, 0.4) is 0 Å². The van der Waals surface area contributed by atoms with Crippen molar-refractivity contribution in [2.24, 2.45) is 4.99 Å². The van der Waals surface area contributed by atoms with Crippen LogP contribution in [0.5, 0.6) is 0 Å². The van der Waals surface area contributed by atoms with Gasteiger partial charge in [0.1, 0.15) is 5.82 Å². The summed E-state index contributed by atoms with van der Waals surface area (Å²) in [4.78, 5) is 14.3. The molecular weight excluding hydrogens is 453 g/mol. The molecule has 3 aromatic rings. The van der Waals surface area contributed by atoms with E-state index in [0.717, 1.165) is 70.5 Å². The summed E-state index contributed by atoms with van der Waals surface area (Å²) < 4.78 is 15.9. The molecule has 0 radical (unpaired) electrons. The number of halogens is 1. The summed E-state index contributed by atoms with van der Waals surface area (Å²) in [6, 6.07) is 22.5. The number of hydrogen-bond donors (Lipinski definition) is 2. The number of aliphatic hydroxyl groups excluding tert-OH is 1. The highest BCUT2D eigenvalue weighted by molar-refractivity contribution is 5.84. The van der Waals surface area contributed by atoms with Crippen molar-refractivity contribution in [1.82, 2.24) is 14.5 Å². The molecule has 1 saturated carbocycles. The highest BCUT2D eigenvalue weighted by Crippen LogP contribution is 2.31. The summed E-state index contributed by atoms with van der Waals surface area (Å²) in [7, 11) is 0.